The van der Waals surface area contributed by atoms with Gasteiger partial charge in [-0.25, -0.2) is 0 Å². The summed E-state index contributed by atoms with van der Waals surface area (Å²) in [4.78, 5) is 25.1. The topological polar surface area (TPSA) is 58.6 Å². The molecule has 1 saturated carbocycles. The number of ether oxygens (including phenoxy) is 1. The van der Waals surface area contributed by atoms with E-state index in [1.807, 2.05) is 6.92 Å². The van der Waals surface area contributed by atoms with Crippen molar-refractivity contribution >= 4 is 17.5 Å². The van der Waals surface area contributed by atoms with Gasteiger partial charge >= 0.3 is 6.36 Å². The standard InChI is InChI=1S/C15H17F3N2O3/c1-9-7-12(9)14(22)20(2)8-13(21)19-10-3-5-11(6-4-10)23-15(16,17)18/h3-6,9,12H,7-8H2,1-2H3,(H,19,21)/t9-,12-/m1/s1. The number of hydrogen-bond donors (Lipinski definition) is 1. The summed E-state index contributed by atoms with van der Waals surface area (Å²) in [6.07, 6.45) is -3.92. The molecule has 0 heterocycles. The Kier molecular flexibility index (Phi) is 4.82. The van der Waals surface area contributed by atoms with Crippen molar-refractivity contribution in [2.45, 2.75) is 19.7 Å². The molecule has 23 heavy (non-hydrogen) atoms. The zero-order valence-corrected chi connectivity index (χ0v) is 12.7. The predicted molar refractivity (Wildman–Crippen MR) is 76.7 cm³/mol. The van der Waals surface area contributed by atoms with Gasteiger partial charge in [-0.1, -0.05) is 6.92 Å². The number of amides is 2. The molecule has 2 rings (SSSR count). The number of carbonyl (C=O) groups excluding carboxylic acids is 2. The van der Waals surface area contributed by atoms with Crippen molar-refractivity contribution in [1.29, 1.82) is 0 Å². The molecule has 0 aromatic heterocycles. The molecule has 2 atom stereocenters. The first-order valence-corrected chi connectivity index (χ1v) is 7.06. The van der Waals surface area contributed by atoms with E-state index in [4.69, 9.17) is 0 Å². The van der Waals surface area contributed by atoms with Crippen LogP contribution in [0.3, 0.4) is 0 Å². The van der Waals surface area contributed by atoms with E-state index in [0.717, 1.165) is 18.6 Å². The fourth-order valence-corrected chi connectivity index (χ4v) is 2.18. The van der Waals surface area contributed by atoms with Crippen LogP contribution in [0.25, 0.3) is 0 Å². The molecule has 1 fully saturated rings. The van der Waals surface area contributed by atoms with Crippen LogP contribution in [0.2, 0.25) is 0 Å². The highest BCUT2D eigenvalue weighted by molar-refractivity contribution is 5.95. The lowest BCUT2D eigenvalue weighted by Crippen LogP contribution is -2.36. The smallest absolute Gasteiger partial charge is 0.406 e. The van der Waals surface area contributed by atoms with Gasteiger partial charge in [-0.3, -0.25) is 9.59 Å². The number of nitrogens with zero attached hydrogens (tertiary/aromatic N) is 1. The minimum Gasteiger partial charge on any atom is -0.406 e. The van der Waals surface area contributed by atoms with Gasteiger partial charge in [-0.05, 0) is 36.6 Å². The molecule has 1 aliphatic rings. The summed E-state index contributed by atoms with van der Waals surface area (Å²) < 4.78 is 39.9. The number of anilines is 1. The van der Waals surface area contributed by atoms with Crippen molar-refractivity contribution in [2.24, 2.45) is 11.8 Å². The van der Waals surface area contributed by atoms with Crippen LogP contribution in [0.5, 0.6) is 5.75 Å². The maximum Gasteiger partial charge on any atom is 0.573 e. The third-order valence-electron chi connectivity index (χ3n) is 3.56. The molecule has 0 bridgehead atoms. The Bertz CT molecular complexity index is 587. The van der Waals surface area contributed by atoms with Crippen molar-refractivity contribution in [3.05, 3.63) is 24.3 Å². The van der Waals surface area contributed by atoms with E-state index in [0.29, 0.717) is 11.6 Å². The van der Waals surface area contributed by atoms with Crippen LogP contribution in [0.1, 0.15) is 13.3 Å². The largest absolute Gasteiger partial charge is 0.573 e. The fourth-order valence-electron chi connectivity index (χ4n) is 2.18. The average Bonchev–Trinajstić information content (AvgIpc) is 3.15. The van der Waals surface area contributed by atoms with Gasteiger partial charge in [0.1, 0.15) is 5.75 Å². The Morgan fingerprint density at radius 3 is 2.35 bits per heavy atom. The normalized spacial score (nSPS) is 19.9. The van der Waals surface area contributed by atoms with E-state index in [9.17, 15) is 22.8 Å². The number of likely N-dealkylation sites (N-methyl/N-ethyl adjacent to an activating group) is 1. The van der Waals surface area contributed by atoms with E-state index < -0.39 is 12.3 Å². The van der Waals surface area contributed by atoms with E-state index >= 15 is 0 Å². The second kappa shape index (κ2) is 6.47. The van der Waals surface area contributed by atoms with Gasteiger partial charge in [0.15, 0.2) is 0 Å². The van der Waals surface area contributed by atoms with Gasteiger partial charge in [0, 0.05) is 18.7 Å². The minimum absolute atomic E-state index is 0.00778. The van der Waals surface area contributed by atoms with Crippen LogP contribution >= 0.6 is 0 Å². The number of carbonyl (C=O) groups is 2. The van der Waals surface area contributed by atoms with E-state index in [1.165, 1.54) is 17.0 Å². The molecular weight excluding hydrogens is 313 g/mol. The second-order valence-electron chi connectivity index (χ2n) is 5.63. The number of rotatable bonds is 5. The number of halogens is 3. The van der Waals surface area contributed by atoms with Gasteiger partial charge in [-0.15, -0.1) is 13.2 Å². The van der Waals surface area contributed by atoms with Gasteiger partial charge in [0.05, 0.1) is 6.54 Å². The Morgan fingerprint density at radius 1 is 1.30 bits per heavy atom. The lowest BCUT2D eigenvalue weighted by Gasteiger charge is -2.17. The van der Waals surface area contributed by atoms with Crippen LogP contribution in [-0.2, 0) is 9.59 Å². The molecule has 126 valence electrons. The summed E-state index contributed by atoms with van der Waals surface area (Å²) in [6, 6.07) is 4.79. The van der Waals surface area contributed by atoms with Gasteiger partial charge in [0.25, 0.3) is 0 Å². The van der Waals surface area contributed by atoms with Crippen molar-refractivity contribution in [2.75, 3.05) is 18.9 Å². The van der Waals surface area contributed by atoms with E-state index in [1.54, 1.807) is 7.05 Å². The average molecular weight is 330 g/mol. The summed E-state index contributed by atoms with van der Waals surface area (Å²) in [5, 5.41) is 2.52. The molecule has 0 spiro atoms. The lowest BCUT2D eigenvalue weighted by atomic mass is 10.3. The summed E-state index contributed by atoms with van der Waals surface area (Å²) in [5.74, 6) is -0.508. The monoisotopic (exact) mass is 330 g/mol. The quantitative estimate of drug-likeness (QED) is 0.903. The number of benzene rings is 1. The maximum atomic E-state index is 12.0. The first-order valence-electron chi connectivity index (χ1n) is 7.06. The van der Waals surface area contributed by atoms with Crippen molar-refractivity contribution in [3.63, 3.8) is 0 Å². The summed E-state index contributed by atoms with van der Waals surface area (Å²) in [6.45, 7) is 1.86. The van der Waals surface area contributed by atoms with Crippen LogP contribution < -0.4 is 10.1 Å². The summed E-state index contributed by atoms with van der Waals surface area (Å²) in [5.41, 5.74) is 0.324. The van der Waals surface area contributed by atoms with Gasteiger partial charge in [0.2, 0.25) is 11.8 Å². The van der Waals surface area contributed by atoms with Crippen LogP contribution in [0, 0.1) is 11.8 Å². The highest BCUT2D eigenvalue weighted by Crippen LogP contribution is 2.38. The predicted octanol–water partition coefficient (Wildman–Crippen LogP) is 2.64. The Labute approximate surface area is 131 Å². The molecule has 5 nitrogen and oxygen atoms in total. The fraction of sp³-hybridized carbons (Fsp3) is 0.467. The van der Waals surface area contributed by atoms with Crippen LogP contribution in [-0.4, -0.2) is 36.7 Å². The zero-order valence-electron chi connectivity index (χ0n) is 12.7. The zero-order chi connectivity index (χ0) is 17.2. The van der Waals surface area contributed by atoms with Gasteiger partial charge < -0.3 is 15.0 Å². The van der Waals surface area contributed by atoms with Gasteiger partial charge in [-0.2, -0.15) is 0 Å². The van der Waals surface area contributed by atoms with Crippen LogP contribution in [0.4, 0.5) is 18.9 Å². The maximum absolute atomic E-state index is 12.0. The Balaban J connectivity index is 1.84. The molecule has 0 radical (unpaired) electrons. The number of hydrogen-bond acceptors (Lipinski definition) is 3. The molecule has 1 N–H and O–H groups in total. The minimum atomic E-state index is -4.76. The molecular formula is C15H17F3N2O3. The molecule has 0 saturated heterocycles. The SMILES string of the molecule is C[C@@H]1C[C@H]1C(=O)N(C)CC(=O)Nc1ccc(OC(F)(F)F)cc1. The summed E-state index contributed by atoms with van der Waals surface area (Å²) >= 11 is 0. The highest BCUT2D eigenvalue weighted by Gasteiger charge is 2.40. The Morgan fingerprint density at radius 2 is 1.87 bits per heavy atom. The molecule has 0 unspecified atom stereocenters. The second-order valence-corrected chi connectivity index (χ2v) is 5.63. The highest BCUT2D eigenvalue weighted by atomic mass is 19.4. The van der Waals surface area contributed by atoms with Crippen molar-refractivity contribution < 1.29 is 27.5 Å². The molecule has 8 heteroatoms. The summed E-state index contributed by atoms with van der Waals surface area (Å²) in [7, 11) is 1.55. The molecule has 1 aromatic carbocycles. The first-order chi connectivity index (χ1) is 10.7. The first kappa shape index (κ1) is 17.1. The third kappa shape index (κ3) is 5.15. The number of nitrogens with one attached hydrogen (secondary N) is 1. The van der Waals surface area contributed by atoms with Crippen LogP contribution in [0.15, 0.2) is 24.3 Å². The van der Waals surface area contributed by atoms with E-state index in [2.05, 4.69) is 10.1 Å². The van der Waals surface area contributed by atoms with E-state index in [-0.39, 0.29) is 24.1 Å². The molecule has 1 aromatic rings. The third-order valence-corrected chi connectivity index (χ3v) is 3.56. The lowest BCUT2D eigenvalue weighted by molar-refractivity contribution is -0.274. The molecule has 2 amide bonds. The van der Waals surface area contributed by atoms with Crippen molar-refractivity contribution in [3.8, 4) is 5.75 Å². The Hall–Kier alpha value is -2.25. The number of alkyl halides is 3. The molecule has 0 aliphatic heterocycles. The van der Waals surface area contributed by atoms with Crippen molar-refractivity contribution in [1.82, 2.24) is 4.90 Å². The molecule has 1 aliphatic carbocycles.